The number of hydrogen-bond acceptors (Lipinski definition) is 7. The fourth-order valence-corrected chi connectivity index (χ4v) is 5.48. The Hall–Kier alpha value is -3.10. The monoisotopic (exact) mass is 479 g/mol. The second-order valence-corrected chi connectivity index (χ2v) is 9.40. The molecule has 2 aromatic rings. The molecule has 1 unspecified atom stereocenters. The molecule has 0 aromatic heterocycles. The Morgan fingerprint density at radius 1 is 1.00 bits per heavy atom. The highest BCUT2D eigenvalue weighted by Crippen LogP contribution is 2.35. The van der Waals surface area contributed by atoms with Gasteiger partial charge in [-0.25, -0.2) is 0 Å². The molecular formula is C27H33N3O5. The SMILES string of the molecule is COc1ccc(CN2CCN(c3cccc4c3C(=O)N(CC3CCCO3)C4=O)CC2)c(OC)c1C. The van der Waals surface area contributed by atoms with E-state index in [0.717, 1.165) is 73.9 Å². The first-order chi connectivity index (χ1) is 17.0. The van der Waals surface area contributed by atoms with Crippen LogP contribution in [0.5, 0.6) is 11.5 Å². The molecule has 0 saturated carbocycles. The molecule has 5 rings (SSSR count). The molecule has 2 aromatic carbocycles. The second kappa shape index (κ2) is 9.87. The number of imide groups is 1. The molecule has 0 N–H and O–H groups in total. The number of amides is 2. The molecule has 2 amide bonds. The summed E-state index contributed by atoms with van der Waals surface area (Å²) in [4.78, 5) is 32.3. The lowest BCUT2D eigenvalue weighted by molar-refractivity contribution is 0.0475. The Bertz CT molecular complexity index is 1120. The average molecular weight is 480 g/mol. The van der Waals surface area contributed by atoms with E-state index in [1.54, 1.807) is 20.3 Å². The van der Waals surface area contributed by atoms with Crippen molar-refractivity contribution in [3.8, 4) is 11.5 Å². The maximum absolute atomic E-state index is 13.3. The molecule has 0 bridgehead atoms. The second-order valence-electron chi connectivity index (χ2n) is 9.40. The molecule has 3 aliphatic heterocycles. The van der Waals surface area contributed by atoms with Gasteiger partial charge in [-0.3, -0.25) is 19.4 Å². The smallest absolute Gasteiger partial charge is 0.263 e. The highest BCUT2D eigenvalue weighted by Gasteiger charge is 2.40. The molecule has 3 aliphatic rings. The number of methoxy groups -OCH3 is 2. The standard InChI is InChI=1S/C27H33N3O5/c1-18-23(33-2)10-9-19(25(18)34-3)16-28-11-13-29(14-12-28)22-8-4-7-21-24(22)27(32)30(26(21)31)17-20-6-5-15-35-20/h4,7-10,20H,5-6,11-17H2,1-3H3. The van der Waals surface area contributed by atoms with Crippen LogP contribution in [0.15, 0.2) is 30.3 Å². The largest absolute Gasteiger partial charge is 0.496 e. The Labute approximate surface area is 206 Å². The van der Waals surface area contributed by atoms with Gasteiger partial charge < -0.3 is 19.1 Å². The molecule has 0 radical (unpaired) electrons. The van der Waals surface area contributed by atoms with Gasteiger partial charge in [0.25, 0.3) is 11.8 Å². The summed E-state index contributed by atoms with van der Waals surface area (Å²) in [6.45, 7) is 7.08. The molecular weight excluding hydrogens is 446 g/mol. The predicted molar refractivity (Wildman–Crippen MR) is 133 cm³/mol. The number of carbonyl (C=O) groups excluding carboxylic acids is 2. The third-order valence-electron chi connectivity index (χ3n) is 7.36. The quantitative estimate of drug-likeness (QED) is 0.565. The Morgan fingerprint density at radius 2 is 1.80 bits per heavy atom. The van der Waals surface area contributed by atoms with Crippen molar-refractivity contribution < 1.29 is 23.8 Å². The molecule has 186 valence electrons. The summed E-state index contributed by atoms with van der Waals surface area (Å²) in [6.07, 6.45) is 1.81. The van der Waals surface area contributed by atoms with E-state index in [9.17, 15) is 9.59 Å². The van der Waals surface area contributed by atoms with Crippen molar-refractivity contribution in [2.75, 3.05) is 58.5 Å². The summed E-state index contributed by atoms with van der Waals surface area (Å²) in [5, 5.41) is 0. The van der Waals surface area contributed by atoms with Crippen molar-refractivity contribution in [3.63, 3.8) is 0 Å². The maximum Gasteiger partial charge on any atom is 0.263 e. The summed E-state index contributed by atoms with van der Waals surface area (Å²) >= 11 is 0. The lowest BCUT2D eigenvalue weighted by atomic mass is 10.1. The Morgan fingerprint density at radius 3 is 2.49 bits per heavy atom. The topological polar surface area (TPSA) is 71.5 Å². The Balaban J connectivity index is 1.28. The van der Waals surface area contributed by atoms with Gasteiger partial charge in [-0.2, -0.15) is 0 Å². The maximum atomic E-state index is 13.3. The van der Waals surface area contributed by atoms with E-state index >= 15 is 0 Å². The third kappa shape index (κ3) is 4.36. The van der Waals surface area contributed by atoms with Gasteiger partial charge in [0, 0.05) is 50.5 Å². The van der Waals surface area contributed by atoms with Crippen LogP contribution < -0.4 is 14.4 Å². The van der Waals surface area contributed by atoms with Gasteiger partial charge in [0.15, 0.2) is 0 Å². The van der Waals surface area contributed by atoms with Gasteiger partial charge in [0.1, 0.15) is 11.5 Å². The van der Waals surface area contributed by atoms with E-state index in [1.165, 1.54) is 4.90 Å². The fraction of sp³-hybridized carbons (Fsp3) is 0.481. The summed E-state index contributed by atoms with van der Waals surface area (Å²) in [5.41, 5.74) is 4.03. The van der Waals surface area contributed by atoms with Gasteiger partial charge in [-0.05, 0) is 38.0 Å². The van der Waals surface area contributed by atoms with Crippen molar-refractivity contribution in [1.29, 1.82) is 0 Å². The highest BCUT2D eigenvalue weighted by molar-refractivity contribution is 6.23. The van der Waals surface area contributed by atoms with Crippen molar-refractivity contribution in [2.45, 2.75) is 32.4 Å². The van der Waals surface area contributed by atoms with Gasteiger partial charge >= 0.3 is 0 Å². The molecule has 8 heteroatoms. The Kier molecular flexibility index (Phi) is 6.67. The first kappa shape index (κ1) is 23.6. The number of nitrogens with zero attached hydrogens (tertiary/aromatic N) is 3. The van der Waals surface area contributed by atoms with E-state index in [1.807, 2.05) is 25.1 Å². The number of anilines is 1. The first-order valence-electron chi connectivity index (χ1n) is 12.3. The number of benzene rings is 2. The van der Waals surface area contributed by atoms with Crippen LogP contribution in [-0.2, 0) is 11.3 Å². The van der Waals surface area contributed by atoms with E-state index in [4.69, 9.17) is 14.2 Å². The molecule has 8 nitrogen and oxygen atoms in total. The van der Waals surface area contributed by atoms with Crippen LogP contribution in [0.25, 0.3) is 0 Å². The number of ether oxygens (including phenoxy) is 3. The zero-order chi connectivity index (χ0) is 24.5. The summed E-state index contributed by atoms with van der Waals surface area (Å²) in [5.74, 6) is 1.28. The van der Waals surface area contributed by atoms with E-state index < -0.39 is 0 Å². The molecule has 2 fully saturated rings. The minimum Gasteiger partial charge on any atom is -0.496 e. The van der Waals surface area contributed by atoms with Crippen LogP contribution in [-0.4, -0.2) is 81.3 Å². The lowest BCUT2D eigenvalue weighted by Crippen LogP contribution is -2.46. The van der Waals surface area contributed by atoms with Gasteiger partial charge in [-0.1, -0.05) is 12.1 Å². The molecule has 0 spiro atoms. The van der Waals surface area contributed by atoms with Gasteiger partial charge in [-0.15, -0.1) is 0 Å². The minimum absolute atomic E-state index is 0.0530. The number of hydrogen-bond donors (Lipinski definition) is 0. The van der Waals surface area contributed by atoms with Crippen LogP contribution in [0.1, 0.15) is 44.7 Å². The van der Waals surface area contributed by atoms with Crippen molar-refractivity contribution in [1.82, 2.24) is 9.80 Å². The molecule has 1 atom stereocenters. The molecule has 0 aliphatic carbocycles. The van der Waals surface area contributed by atoms with Crippen LogP contribution in [0.3, 0.4) is 0 Å². The van der Waals surface area contributed by atoms with E-state index in [-0.39, 0.29) is 17.9 Å². The molecule has 35 heavy (non-hydrogen) atoms. The third-order valence-corrected chi connectivity index (χ3v) is 7.36. The first-order valence-corrected chi connectivity index (χ1v) is 12.3. The normalized spacial score (nSPS) is 20.5. The summed E-state index contributed by atoms with van der Waals surface area (Å²) in [6, 6.07) is 9.66. The number of piperazine rings is 1. The number of carbonyl (C=O) groups is 2. The van der Waals surface area contributed by atoms with E-state index in [2.05, 4.69) is 15.9 Å². The van der Waals surface area contributed by atoms with E-state index in [0.29, 0.717) is 24.3 Å². The molecule has 3 heterocycles. The number of fused-ring (bicyclic) bond motifs is 1. The van der Waals surface area contributed by atoms with Gasteiger partial charge in [0.05, 0.1) is 43.7 Å². The highest BCUT2D eigenvalue weighted by atomic mass is 16.5. The summed E-state index contributed by atoms with van der Waals surface area (Å²) < 4.78 is 16.8. The molecule has 2 saturated heterocycles. The zero-order valence-electron chi connectivity index (χ0n) is 20.7. The lowest BCUT2D eigenvalue weighted by Gasteiger charge is -2.37. The van der Waals surface area contributed by atoms with Crippen molar-refractivity contribution in [3.05, 3.63) is 52.6 Å². The average Bonchev–Trinajstić information content (AvgIpc) is 3.48. The van der Waals surface area contributed by atoms with Crippen LogP contribution in [0.4, 0.5) is 5.69 Å². The zero-order valence-corrected chi connectivity index (χ0v) is 20.7. The van der Waals surface area contributed by atoms with Crippen LogP contribution in [0, 0.1) is 6.92 Å². The summed E-state index contributed by atoms with van der Waals surface area (Å²) in [7, 11) is 3.36. The van der Waals surface area contributed by atoms with Gasteiger partial charge in [0.2, 0.25) is 0 Å². The minimum atomic E-state index is -0.206. The van der Waals surface area contributed by atoms with Crippen LogP contribution >= 0.6 is 0 Å². The van der Waals surface area contributed by atoms with Crippen LogP contribution in [0.2, 0.25) is 0 Å². The van der Waals surface area contributed by atoms with Crippen molar-refractivity contribution in [2.24, 2.45) is 0 Å². The fourth-order valence-electron chi connectivity index (χ4n) is 5.48. The number of rotatable bonds is 7. The predicted octanol–water partition coefficient (Wildman–Crippen LogP) is 3.11. The van der Waals surface area contributed by atoms with Crippen molar-refractivity contribution >= 4 is 17.5 Å².